The number of carbonyl (C=O) groups is 1. The van der Waals surface area contributed by atoms with E-state index in [4.69, 9.17) is 16.3 Å². The van der Waals surface area contributed by atoms with Crippen LogP contribution in [0.1, 0.15) is 11.7 Å². The molecule has 3 aromatic heterocycles. The number of methoxy groups -OCH3 is 1. The first kappa shape index (κ1) is 21.8. The summed E-state index contributed by atoms with van der Waals surface area (Å²) in [5.41, 5.74) is 5.96. The standard InChI is InChI=1S/C25H21ClN6O2/c1-31-13-19(12-28-31)18-11-22-23(27-15-29-32(22)14-18)16-5-9-21(10-6-16)30-25(33)24(34-2)17-3-7-20(26)8-4-17/h3-15,24H,1-2H3,(H,30,33). The molecule has 0 aliphatic rings. The molecule has 5 rings (SSSR count). The summed E-state index contributed by atoms with van der Waals surface area (Å²) in [7, 11) is 3.38. The van der Waals surface area contributed by atoms with E-state index in [1.807, 2.05) is 56.0 Å². The molecule has 5 aromatic rings. The predicted octanol–water partition coefficient (Wildman–Crippen LogP) is 4.78. The number of aryl methyl sites for hydroxylation is 1. The summed E-state index contributed by atoms with van der Waals surface area (Å²) in [5.74, 6) is -0.269. The molecular weight excluding hydrogens is 452 g/mol. The third-order valence-electron chi connectivity index (χ3n) is 5.52. The maximum Gasteiger partial charge on any atom is 0.258 e. The van der Waals surface area contributed by atoms with Crippen molar-refractivity contribution in [2.75, 3.05) is 12.4 Å². The van der Waals surface area contributed by atoms with Crippen LogP contribution in [0, 0.1) is 0 Å². The van der Waals surface area contributed by atoms with Gasteiger partial charge in [-0.05, 0) is 35.9 Å². The van der Waals surface area contributed by atoms with Crippen LogP contribution in [-0.4, -0.2) is 37.4 Å². The van der Waals surface area contributed by atoms with Gasteiger partial charge in [-0.3, -0.25) is 9.48 Å². The van der Waals surface area contributed by atoms with Crippen molar-refractivity contribution in [1.82, 2.24) is 24.4 Å². The second-order valence-corrected chi connectivity index (χ2v) is 8.24. The average molecular weight is 473 g/mol. The third-order valence-corrected chi connectivity index (χ3v) is 5.77. The van der Waals surface area contributed by atoms with Gasteiger partial charge in [-0.25, -0.2) is 9.50 Å². The minimum absolute atomic E-state index is 0.269. The van der Waals surface area contributed by atoms with Gasteiger partial charge in [0, 0.05) is 54.0 Å². The number of ether oxygens (including phenoxy) is 1. The number of nitrogens with one attached hydrogen (secondary N) is 1. The molecule has 9 heteroatoms. The second-order valence-electron chi connectivity index (χ2n) is 7.80. The molecule has 8 nitrogen and oxygen atoms in total. The first-order valence-electron chi connectivity index (χ1n) is 10.5. The highest BCUT2D eigenvalue weighted by atomic mass is 35.5. The molecule has 0 saturated heterocycles. The highest BCUT2D eigenvalue weighted by molar-refractivity contribution is 6.30. The van der Waals surface area contributed by atoms with Crippen LogP contribution in [0.25, 0.3) is 27.9 Å². The fourth-order valence-electron chi connectivity index (χ4n) is 3.83. The van der Waals surface area contributed by atoms with E-state index in [-0.39, 0.29) is 5.91 Å². The summed E-state index contributed by atoms with van der Waals surface area (Å²) in [5, 5.41) is 12.1. The number of nitrogens with zero attached hydrogens (tertiary/aromatic N) is 5. The average Bonchev–Trinajstić information content (AvgIpc) is 3.47. The summed E-state index contributed by atoms with van der Waals surface area (Å²) in [6, 6.07) is 16.6. The van der Waals surface area contributed by atoms with E-state index >= 15 is 0 Å². The van der Waals surface area contributed by atoms with Crippen LogP contribution in [0.4, 0.5) is 5.69 Å². The fraction of sp³-hybridized carbons (Fsp3) is 0.120. The van der Waals surface area contributed by atoms with Crippen molar-refractivity contribution in [1.29, 1.82) is 0 Å². The molecule has 0 radical (unpaired) electrons. The van der Waals surface area contributed by atoms with Crippen molar-refractivity contribution >= 4 is 28.7 Å². The normalized spacial score (nSPS) is 12.1. The van der Waals surface area contributed by atoms with Gasteiger partial charge in [-0.2, -0.15) is 10.2 Å². The quantitative estimate of drug-likeness (QED) is 0.384. The summed E-state index contributed by atoms with van der Waals surface area (Å²) < 4.78 is 8.97. The largest absolute Gasteiger partial charge is 0.367 e. The molecule has 1 N–H and O–H groups in total. The molecule has 1 atom stereocenters. The Hall–Kier alpha value is -4.01. The Morgan fingerprint density at radius 1 is 1.00 bits per heavy atom. The minimum Gasteiger partial charge on any atom is -0.367 e. The smallest absolute Gasteiger partial charge is 0.258 e. The van der Waals surface area contributed by atoms with E-state index in [2.05, 4.69) is 20.5 Å². The highest BCUT2D eigenvalue weighted by Gasteiger charge is 2.20. The lowest BCUT2D eigenvalue weighted by Gasteiger charge is -2.16. The number of halogens is 1. The Kier molecular flexibility index (Phi) is 5.83. The van der Waals surface area contributed by atoms with Crippen molar-refractivity contribution in [3.63, 3.8) is 0 Å². The molecule has 1 unspecified atom stereocenters. The Bertz CT molecular complexity index is 1460. The maximum atomic E-state index is 12.8. The van der Waals surface area contributed by atoms with Gasteiger partial charge in [0.05, 0.1) is 17.4 Å². The zero-order valence-electron chi connectivity index (χ0n) is 18.5. The highest BCUT2D eigenvalue weighted by Crippen LogP contribution is 2.29. The van der Waals surface area contributed by atoms with Crippen LogP contribution in [0.15, 0.2) is 79.5 Å². The molecule has 0 aliphatic carbocycles. The van der Waals surface area contributed by atoms with E-state index in [9.17, 15) is 4.79 Å². The lowest BCUT2D eigenvalue weighted by molar-refractivity contribution is -0.126. The van der Waals surface area contributed by atoms with Gasteiger partial charge in [0.25, 0.3) is 5.91 Å². The molecular formula is C25H21ClN6O2. The Balaban J connectivity index is 1.38. The SMILES string of the molecule is COC(C(=O)Nc1ccc(-c2ncnn3cc(-c4cnn(C)c4)cc23)cc1)c1ccc(Cl)cc1. The molecule has 170 valence electrons. The van der Waals surface area contributed by atoms with Crippen LogP contribution in [0.3, 0.4) is 0 Å². The fourth-order valence-corrected chi connectivity index (χ4v) is 3.96. The van der Waals surface area contributed by atoms with E-state index in [0.29, 0.717) is 10.7 Å². The number of anilines is 1. The molecule has 1 amide bonds. The van der Waals surface area contributed by atoms with Crippen LogP contribution in [0.2, 0.25) is 5.02 Å². The predicted molar refractivity (Wildman–Crippen MR) is 130 cm³/mol. The molecule has 34 heavy (non-hydrogen) atoms. The van der Waals surface area contributed by atoms with Gasteiger partial charge in [0.2, 0.25) is 0 Å². The number of fused-ring (bicyclic) bond motifs is 1. The summed E-state index contributed by atoms with van der Waals surface area (Å²) in [4.78, 5) is 17.3. The summed E-state index contributed by atoms with van der Waals surface area (Å²) in [6.45, 7) is 0. The number of aromatic nitrogens is 5. The molecule has 0 spiro atoms. The number of amides is 1. The van der Waals surface area contributed by atoms with Gasteiger partial charge in [0.1, 0.15) is 6.33 Å². The van der Waals surface area contributed by atoms with Gasteiger partial charge in [-0.1, -0.05) is 35.9 Å². The Morgan fingerprint density at radius 2 is 1.76 bits per heavy atom. The van der Waals surface area contributed by atoms with Crippen molar-refractivity contribution in [3.8, 4) is 22.4 Å². The van der Waals surface area contributed by atoms with Crippen LogP contribution in [-0.2, 0) is 16.6 Å². The number of carbonyl (C=O) groups excluding carboxylic acids is 1. The van der Waals surface area contributed by atoms with Crippen molar-refractivity contribution in [3.05, 3.63) is 90.1 Å². The number of hydrogen-bond donors (Lipinski definition) is 1. The zero-order chi connectivity index (χ0) is 23.7. The monoisotopic (exact) mass is 472 g/mol. The van der Waals surface area contributed by atoms with E-state index in [1.54, 1.807) is 33.5 Å². The third kappa shape index (κ3) is 4.28. The van der Waals surface area contributed by atoms with Crippen molar-refractivity contribution < 1.29 is 9.53 Å². The van der Waals surface area contributed by atoms with E-state index < -0.39 is 6.10 Å². The molecule has 0 saturated carbocycles. The van der Waals surface area contributed by atoms with E-state index in [1.165, 1.54) is 13.4 Å². The van der Waals surface area contributed by atoms with Crippen LogP contribution >= 0.6 is 11.6 Å². The summed E-state index contributed by atoms with van der Waals surface area (Å²) >= 11 is 5.95. The summed E-state index contributed by atoms with van der Waals surface area (Å²) in [6.07, 6.45) is 6.51. The second kappa shape index (κ2) is 9.09. The lowest BCUT2D eigenvalue weighted by Crippen LogP contribution is -2.22. The van der Waals surface area contributed by atoms with Crippen molar-refractivity contribution in [2.45, 2.75) is 6.10 Å². The molecule has 0 bridgehead atoms. The van der Waals surface area contributed by atoms with Gasteiger partial charge >= 0.3 is 0 Å². The van der Waals surface area contributed by atoms with Gasteiger partial charge in [0.15, 0.2) is 6.10 Å². The zero-order valence-corrected chi connectivity index (χ0v) is 19.3. The van der Waals surface area contributed by atoms with Crippen LogP contribution in [0.5, 0.6) is 0 Å². The Labute approximate surface area is 200 Å². The number of rotatable bonds is 6. The molecule has 3 heterocycles. The maximum absolute atomic E-state index is 12.8. The van der Waals surface area contributed by atoms with Crippen LogP contribution < -0.4 is 5.32 Å². The first-order valence-corrected chi connectivity index (χ1v) is 10.9. The van der Waals surface area contributed by atoms with Gasteiger partial charge < -0.3 is 10.1 Å². The minimum atomic E-state index is -0.745. The topological polar surface area (TPSA) is 86.3 Å². The van der Waals surface area contributed by atoms with Gasteiger partial charge in [-0.15, -0.1) is 0 Å². The number of benzene rings is 2. The van der Waals surface area contributed by atoms with E-state index in [0.717, 1.165) is 33.5 Å². The number of hydrogen-bond acceptors (Lipinski definition) is 5. The first-order chi connectivity index (χ1) is 16.5. The molecule has 0 aliphatic heterocycles. The molecule has 2 aromatic carbocycles. The Morgan fingerprint density at radius 3 is 2.44 bits per heavy atom. The lowest BCUT2D eigenvalue weighted by atomic mass is 10.1. The molecule has 0 fully saturated rings. The van der Waals surface area contributed by atoms with Crippen molar-refractivity contribution in [2.24, 2.45) is 7.05 Å².